The molecule has 0 spiro atoms. The lowest BCUT2D eigenvalue weighted by Crippen LogP contribution is -2.49. The Labute approximate surface area is 190 Å². The van der Waals surface area contributed by atoms with E-state index in [1.165, 1.54) is 4.31 Å². The van der Waals surface area contributed by atoms with Crippen molar-refractivity contribution in [3.63, 3.8) is 0 Å². The van der Waals surface area contributed by atoms with E-state index in [4.69, 9.17) is 27.9 Å². The van der Waals surface area contributed by atoms with Crippen LogP contribution in [0.2, 0.25) is 10.0 Å². The van der Waals surface area contributed by atoms with Crippen molar-refractivity contribution in [1.82, 2.24) is 9.03 Å². The quantitative estimate of drug-likeness (QED) is 0.706. The first kappa shape index (κ1) is 22.0. The SMILES string of the molecule is O=C(NS(=O)(=O)N1CCOCC1)C1=NN(c2ccc(Cl)cc2Cl)C(c2ccccc2)C1. The largest absolute Gasteiger partial charge is 0.379 e. The molecule has 0 aromatic heterocycles. The molecule has 0 radical (unpaired) electrons. The van der Waals surface area contributed by atoms with E-state index in [2.05, 4.69) is 9.82 Å². The number of ether oxygens (including phenoxy) is 1. The van der Waals surface area contributed by atoms with E-state index in [1.54, 1.807) is 23.2 Å². The summed E-state index contributed by atoms with van der Waals surface area (Å²) in [7, 11) is -3.99. The average molecular weight is 483 g/mol. The van der Waals surface area contributed by atoms with Gasteiger partial charge in [-0.2, -0.15) is 17.8 Å². The highest BCUT2D eigenvalue weighted by Crippen LogP contribution is 2.39. The van der Waals surface area contributed by atoms with Crippen LogP contribution in [0.3, 0.4) is 0 Å². The number of anilines is 1. The number of hydrogen-bond acceptors (Lipinski definition) is 6. The molecule has 1 unspecified atom stereocenters. The minimum atomic E-state index is -3.99. The molecule has 2 aromatic rings. The number of carbonyl (C=O) groups is 1. The van der Waals surface area contributed by atoms with Gasteiger partial charge in [0.1, 0.15) is 5.71 Å². The van der Waals surface area contributed by atoms with Crippen molar-refractivity contribution < 1.29 is 17.9 Å². The van der Waals surface area contributed by atoms with Gasteiger partial charge in [0.05, 0.1) is 30.0 Å². The van der Waals surface area contributed by atoms with Crippen LogP contribution in [0.4, 0.5) is 5.69 Å². The van der Waals surface area contributed by atoms with Gasteiger partial charge >= 0.3 is 10.2 Å². The summed E-state index contributed by atoms with van der Waals surface area (Å²) in [6.07, 6.45) is 0.216. The monoisotopic (exact) mass is 482 g/mol. The van der Waals surface area contributed by atoms with Crippen molar-refractivity contribution >= 4 is 50.7 Å². The summed E-state index contributed by atoms with van der Waals surface area (Å²) in [5.41, 5.74) is 1.58. The Balaban J connectivity index is 1.62. The van der Waals surface area contributed by atoms with E-state index < -0.39 is 16.1 Å². The predicted molar refractivity (Wildman–Crippen MR) is 120 cm³/mol. The van der Waals surface area contributed by atoms with Crippen molar-refractivity contribution in [1.29, 1.82) is 0 Å². The number of carbonyl (C=O) groups excluding carboxylic acids is 1. The van der Waals surface area contributed by atoms with Crippen molar-refractivity contribution in [2.24, 2.45) is 5.10 Å². The molecule has 0 aliphatic carbocycles. The van der Waals surface area contributed by atoms with Crippen molar-refractivity contribution in [3.05, 3.63) is 64.1 Å². The van der Waals surface area contributed by atoms with Crippen molar-refractivity contribution in [2.75, 3.05) is 31.3 Å². The van der Waals surface area contributed by atoms with Crippen LogP contribution in [0.5, 0.6) is 0 Å². The summed E-state index contributed by atoms with van der Waals surface area (Å²) < 4.78 is 33.7. The van der Waals surface area contributed by atoms with Gasteiger partial charge in [0, 0.05) is 24.5 Å². The summed E-state index contributed by atoms with van der Waals surface area (Å²) in [5.74, 6) is -0.764. The van der Waals surface area contributed by atoms with Gasteiger partial charge in [-0.1, -0.05) is 53.5 Å². The molecule has 1 fully saturated rings. The maximum absolute atomic E-state index is 12.8. The number of hydrogen-bond donors (Lipinski definition) is 1. The molecule has 1 saturated heterocycles. The standard InChI is InChI=1S/C20H20Cl2N4O4S/c21-15-6-7-18(16(22)12-15)26-19(14-4-2-1-3-5-14)13-17(23-26)20(27)24-31(28,29)25-8-10-30-11-9-25/h1-7,12,19H,8-11,13H2,(H,24,27). The van der Waals surface area contributed by atoms with E-state index in [0.29, 0.717) is 15.7 Å². The maximum atomic E-state index is 12.8. The van der Waals surface area contributed by atoms with E-state index in [9.17, 15) is 13.2 Å². The van der Waals surface area contributed by atoms with E-state index in [1.807, 2.05) is 30.3 Å². The van der Waals surface area contributed by atoms with Gasteiger partial charge in [0.15, 0.2) is 0 Å². The molecular formula is C20H20Cl2N4O4S. The molecule has 31 heavy (non-hydrogen) atoms. The minimum Gasteiger partial charge on any atom is -0.379 e. The molecule has 4 rings (SSSR count). The first-order valence-corrected chi connectivity index (χ1v) is 11.8. The second-order valence-electron chi connectivity index (χ2n) is 7.07. The molecule has 1 amide bonds. The Morgan fingerprint density at radius 3 is 2.48 bits per heavy atom. The van der Waals surface area contributed by atoms with Crippen LogP contribution < -0.4 is 9.73 Å². The van der Waals surface area contributed by atoms with Gasteiger partial charge in [0.25, 0.3) is 5.91 Å². The summed E-state index contributed by atoms with van der Waals surface area (Å²) in [6, 6.07) is 14.2. The van der Waals surface area contributed by atoms with Crippen LogP contribution in [0, 0.1) is 0 Å². The highest BCUT2D eigenvalue weighted by Gasteiger charge is 2.35. The number of hydrazone groups is 1. The lowest BCUT2D eigenvalue weighted by atomic mass is 10.0. The summed E-state index contributed by atoms with van der Waals surface area (Å²) >= 11 is 12.4. The van der Waals surface area contributed by atoms with E-state index in [-0.39, 0.29) is 44.5 Å². The molecule has 164 valence electrons. The Morgan fingerprint density at radius 1 is 1.10 bits per heavy atom. The molecule has 2 heterocycles. The van der Waals surface area contributed by atoms with E-state index >= 15 is 0 Å². The molecule has 1 atom stereocenters. The predicted octanol–water partition coefficient (Wildman–Crippen LogP) is 2.99. The Hall–Kier alpha value is -2.17. The van der Waals surface area contributed by atoms with Crippen molar-refractivity contribution in [2.45, 2.75) is 12.5 Å². The highest BCUT2D eigenvalue weighted by atomic mass is 35.5. The van der Waals surface area contributed by atoms with Gasteiger partial charge < -0.3 is 4.74 Å². The van der Waals surface area contributed by atoms with Gasteiger partial charge in [0.2, 0.25) is 0 Å². The normalized spacial score (nSPS) is 19.9. The molecular weight excluding hydrogens is 463 g/mol. The molecule has 11 heteroatoms. The fraction of sp³-hybridized carbons (Fsp3) is 0.300. The molecule has 8 nitrogen and oxygen atoms in total. The first-order valence-electron chi connectivity index (χ1n) is 9.62. The summed E-state index contributed by atoms with van der Waals surface area (Å²) in [4.78, 5) is 12.8. The third-order valence-electron chi connectivity index (χ3n) is 5.05. The third kappa shape index (κ3) is 4.86. The molecule has 2 aliphatic heterocycles. The number of amides is 1. The molecule has 2 aliphatic rings. The van der Waals surface area contributed by atoms with Crippen LogP contribution in [0.25, 0.3) is 0 Å². The fourth-order valence-electron chi connectivity index (χ4n) is 3.50. The minimum absolute atomic E-state index is 0.0942. The lowest BCUT2D eigenvalue weighted by molar-refractivity contribution is -0.113. The van der Waals surface area contributed by atoms with Crippen LogP contribution in [0.1, 0.15) is 18.0 Å². The second kappa shape index (κ2) is 9.13. The zero-order valence-electron chi connectivity index (χ0n) is 16.4. The van der Waals surface area contributed by atoms with Crippen LogP contribution in [-0.2, 0) is 19.7 Å². The topological polar surface area (TPSA) is 91.3 Å². The Morgan fingerprint density at radius 2 is 1.81 bits per heavy atom. The summed E-state index contributed by atoms with van der Waals surface area (Å²) in [5, 5.41) is 6.92. The zero-order chi connectivity index (χ0) is 22.0. The Kier molecular flexibility index (Phi) is 6.49. The Bertz CT molecular complexity index is 1110. The molecule has 0 saturated carbocycles. The second-order valence-corrected chi connectivity index (χ2v) is 9.58. The summed E-state index contributed by atoms with van der Waals surface area (Å²) in [6.45, 7) is 0.951. The van der Waals surface area contributed by atoms with Gasteiger partial charge in [-0.25, -0.2) is 4.72 Å². The van der Waals surface area contributed by atoms with Crippen LogP contribution >= 0.6 is 23.2 Å². The third-order valence-corrected chi connectivity index (χ3v) is 7.07. The first-order chi connectivity index (χ1) is 14.8. The number of nitrogens with one attached hydrogen (secondary N) is 1. The molecule has 2 aromatic carbocycles. The smallest absolute Gasteiger partial charge is 0.304 e. The highest BCUT2D eigenvalue weighted by molar-refractivity contribution is 7.87. The zero-order valence-corrected chi connectivity index (χ0v) is 18.7. The number of nitrogens with zero attached hydrogens (tertiary/aromatic N) is 3. The number of rotatable bonds is 5. The lowest BCUT2D eigenvalue weighted by Gasteiger charge is -2.25. The van der Waals surface area contributed by atoms with Gasteiger partial charge in [-0.05, 0) is 23.8 Å². The van der Waals surface area contributed by atoms with Crippen molar-refractivity contribution in [3.8, 4) is 0 Å². The molecule has 0 bridgehead atoms. The number of halogens is 2. The van der Waals surface area contributed by atoms with E-state index in [0.717, 1.165) is 5.56 Å². The average Bonchev–Trinajstić information content (AvgIpc) is 3.20. The molecule has 1 N–H and O–H groups in total. The van der Waals surface area contributed by atoms with Gasteiger partial charge in [-0.15, -0.1) is 0 Å². The van der Waals surface area contributed by atoms with Gasteiger partial charge in [-0.3, -0.25) is 9.80 Å². The maximum Gasteiger partial charge on any atom is 0.304 e. The number of benzene rings is 2. The van der Waals surface area contributed by atoms with Crippen LogP contribution in [-0.4, -0.2) is 50.6 Å². The fourth-order valence-corrected chi connectivity index (χ4v) is 5.10. The number of morpholine rings is 1. The van der Waals surface area contributed by atoms with Crippen LogP contribution in [0.15, 0.2) is 53.6 Å².